The van der Waals surface area contributed by atoms with Crippen LogP contribution in [0, 0.1) is 3.57 Å². The summed E-state index contributed by atoms with van der Waals surface area (Å²) >= 11 is 8.29. The fourth-order valence-corrected chi connectivity index (χ4v) is 2.79. The molecule has 1 heterocycles. The largest absolute Gasteiger partial charge is 0.486 e. The first-order valence-electron chi connectivity index (χ1n) is 5.76. The second kappa shape index (κ2) is 6.41. The van der Waals surface area contributed by atoms with Crippen LogP contribution >= 0.6 is 34.2 Å². The number of rotatable bonds is 4. The van der Waals surface area contributed by atoms with Gasteiger partial charge < -0.3 is 9.84 Å². The van der Waals surface area contributed by atoms with E-state index in [9.17, 15) is 4.79 Å². The van der Waals surface area contributed by atoms with E-state index in [1.54, 1.807) is 18.3 Å². The van der Waals surface area contributed by atoms with Crippen LogP contribution in [-0.4, -0.2) is 22.7 Å². The number of pyridine rings is 1. The Hall–Kier alpha value is -1.34. The number of fused-ring (bicyclic) bond motifs is 1. The molecule has 1 N–H and O–H groups in total. The molecule has 1 aromatic carbocycles. The normalized spacial score (nSPS) is 11.7. The Morgan fingerprint density at radius 2 is 2.35 bits per heavy atom. The van der Waals surface area contributed by atoms with Gasteiger partial charge in [0.1, 0.15) is 12.1 Å². The van der Waals surface area contributed by atoms with E-state index in [0.29, 0.717) is 16.3 Å². The molecule has 0 amide bonds. The molecular weight excluding hydrogens is 393 g/mol. The lowest BCUT2D eigenvalue weighted by atomic mass is 10.2. The molecule has 2 aromatic rings. The van der Waals surface area contributed by atoms with Crippen LogP contribution < -0.4 is 4.74 Å². The summed E-state index contributed by atoms with van der Waals surface area (Å²) in [5.41, 5.74) is 0.914. The Morgan fingerprint density at radius 1 is 1.60 bits per heavy atom. The van der Waals surface area contributed by atoms with E-state index in [4.69, 9.17) is 21.4 Å². The SMILES string of the molecule is CC(=CCOc1c(I)cc(Cl)c2cccnc12)C(=O)O. The van der Waals surface area contributed by atoms with E-state index in [1.807, 2.05) is 6.07 Å². The lowest BCUT2D eigenvalue weighted by Gasteiger charge is -2.10. The zero-order valence-electron chi connectivity index (χ0n) is 10.6. The summed E-state index contributed by atoms with van der Waals surface area (Å²) < 4.78 is 6.49. The topological polar surface area (TPSA) is 59.4 Å². The summed E-state index contributed by atoms with van der Waals surface area (Å²) in [6, 6.07) is 5.47. The summed E-state index contributed by atoms with van der Waals surface area (Å²) in [6.07, 6.45) is 3.18. The van der Waals surface area contributed by atoms with Gasteiger partial charge in [0, 0.05) is 17.2 Å². The molecule has 20 heavy (non-hydrogen) atoms. The third-order valence-electron chi connectivity index (χ3n) is 2.70. The highest BCUT2D eigenvalue weighted by molar-refractivity contribution is 14.1. The van der Waals surface area contributed by atoms with Crippen molar-refractivity contribution in [2.45, 2.75) is 6.92 Å². The minimum Gasteiger partial charge on any atom is -0.486 e. The van der Waals surface area contributed by atoms with Crippen LogP contribution in [0.5, 0.6) is 5.75 Å². The lowest BCUT2D eigenvalue weighted by Crippen LogP contribution is -2.02. The van der Waals surface area contributed by atoms with Crippen molar-refractivity contribution in [2.24, 2.45) is 0 Å². The second-order valence-electron chi connectivity index (χ2n) is 4.07. The average molecular weight is 404 g/mol. The van der Waals surface area contributed by atoms with E-state index in [0.717, 1.165) is 8.96 Å². The van der Waals surface area contributed by atoms with Crippen molar-refractivity contribution in [3.63, 3.8) is 0 Å². The average Bonchev–Trinajstić information content (AvgIpc) is 2.42. The zero-order chi connectivity index (χ0) is 14.7. The highest BCUT2D eigenvalue weighted by Crippen LogP contribution is 2.34. The lowest BCUT2D eigenvalue weighted by molar-refractivity contribution is -0.132. The molecule has 0 unspecified atom stereocenters. The molecular formula is C14H11ClINO3. The fraction of sp³-hybridized carbons (Fsp3) is 0.143. The number of aromatic nitrogens is 1. The van der Waals surface area contributed by atoms with Crippen LogP contribution in [0.15, 0.2) is 36.0 Å². The van der Waals surface area contributed by atoms with Gasteiger partial charge in [0.15, 0.2) is 5.75 Å². The molecule has 0 spiro atoms. The monoisotopic (exact) mass is 403 g/mol. The highest BCUT2D eigenvalue weighted by Gasteiger charge is 2.11. The maximum absolute atomic E-state index is 10.7. The number of benzene rings is 1. The first-order valence-corrected chi connectivity index (χ1v) is 7.22. The van der Waals surface area contributed by atoms with Gasteiger partial charge in [-0.15, -0.1) is 0 Å². The molecule has 2 rings (SSSR count). The maximum atomic E-state index is 10.7. The van der Waals surface area contributed by atoms with Gasteiger partial charge in [-0.2, -0.15) is 0 Å². The number of carboxylic acids is 1. The van der Waals surface area contributed by atoms with Crippen molar-refractivity contribution in [3.05, 3.63) is 44.6 Å². The van der Waals surface area contributed by atoms with Crippen molar-refractivity contribution in [1.29, 1.82) is 0 Å². The smallest absolute Gasteiger partial charge is 0.331 e. The summed E-state index contributed by atoms with van der Waals surface area (Å²) in [6.45, 7) is 1.69. The molecule has 0 radical (unpaired) electrons. The van der Waals surface area contributed by atoms with Crippen molar-refractivity contribution >= 4 is 51.1 Å². The predicted molar refractivity (Wildman–Crippen MR) is 86.4 cm³/mol. The Bertz CT molecular complexity index is 700. The van der Waals surface area contributed by atoms with Gasteiger partial charge in [-0.1, -0.05) is 11.6 Å². The molecule has 104 valence electrons. The molecule has 0 aliphatic rings. The predicted octanol–water partition coefficient (Wildman–Crippen LogP) is 3.90. The Kier molecular flexibility index (Phi) is 4.82. The standard InChI is InChI=1S/C14H11ClINO3/c1-8(14(18)19)4-6-20-13-11(16)7-10(15)9-3-2-5-17-12(9)13/h2-5,7H,6H2,1H3,(H,18,19). The number of hydrogen-bond donors (Lipinski definition) is 1. The highest BCUT2D eigenvalue weighted by atomic mass is 127. The molecule has 0 aliphatic heterocycles. The van der Waals surface area contributed by atoms with Crippen molar-refractivity contribution in [1.82, 2.24) is 4.98 Å². The van der Waals surface area contributed by atoms with E-state index >= 15 is 0 Å². The molecule has 0 atom stereocenters. The molecule has 1 aromatic heterocycles. The van der Waals surface area contributed by atoms with Crippen LogP contribution in [0.2, 0.25) is 5.02 Å². The maximum Gasteiger partial charge on any atom is 0.331 e. The van der Waals surface area contributed by atoms with Gasteiger partial charge in [0.25, 0.3) is 0 Å². The van der Waals surface area contributed by atoms with E-state index in [-0.39, 0.29) is 12.2 Å². The Morgan fingerprint density at radius 3 is 3.05 bits per heavy atom. The second-order valence-corrected chi connectivity index (χ2v) is 5.64. The van der Waals surface area contributed by atoms with E-state index in [2.05, 4.69) is 27.6 Å². The van der Waals surface area contributed by atoms with Crippen LogP contribution in [0.25, 0.3) is 10.9 Å². The van der Waals surface area contributed by atoms with Crippen LogP contribution in [0.3, 0.4) is 0 Å². The van der Waals surface area contributed by atoms with Gasteiger partial charge in [0.05, 0.1) is 8.59 Å². The fourth-order valence-electron chi connectivity index (χ4n) is 1.62. The summed E-state index contributed by atoms with van der Waals surface area (Å²) in [5, 5.41) is 10.2. The molecule has 4 nitrogen and oxygen atoms in total. The number of carboxylic acid groups (broad SMARTS) is 1. The molecule has 0 fully saturated rings. The van der Waals surface area contributed by atoms with Crippen molar-refractivity contribution in [3.8, 4) is 5.75 Å². The molecule has 0 saturated heterocycles. The van der Waals surface area contributed by atoms with Gasteiger partial charge in [-0.05, 0) is 53.8 Å². The summed E-state index contributed by atoms with van der Waals surface area (Å²) in [4.78, 5) is 15.0. The summed E-state index contributed by atoms with van der Waals surface area (Å²) in [7, 11) is 0. The van der Waals surface area contributed by atoms with Gasteiger partial charge >= 0.3 is 5.97 Å². The van der Waals surface area contributed by atoms with Crippen molar-refractivity contribution < 1.29 is 14.6 Å². The quantitative estimate of drug-likeness (QED) is 0.621. The number of aliphatic carboxylic acids is 1. The summed E-state index contributed by atoms with van der Waals surface area (Å²) in [5.74, 6) is -0.345. The molecule has 0 saturated carbocycles. The first kappa shape index (κ1) is 15.1. The Labute approximate surface area is 134 Å². The van der Waals surface area contributed by atoms with Crippen molar-refractivity contribution in [2.75, 3.05) is 6.61 Å². The van der Waals surface area contributed by atoms with Gasteiger partial charge in [-0.3, -0.25) is 4.98 Å². The minimum atomic E-state index is -0.956. The number of ether oxygens (including phenoxy) is 1. The number of nitrogens with zero attached hydrogens (tertiary/aromatic N) is 1. The zero-order valence-corrected chi connectivity index (χ0v) is 13.5. The minimum absolute atomic E-state index is 0.168. The van der Waals surface area contributed by atoms with Crippen LogP contribution in [0.1, 0.15) is 6.92 Å². The molecule has 6 heteroatoms. The number of carbonyl (C=O) groups is 1. The third-order valence-corrected chi connectivity index (χ3v) is 3.82. The van der Waals surface area contributed by atoms with E-state index < -0.39 is 5.97 Å². The first-order chi connectivity index (χ1) is 9.50. The van der Waals surface area contributed by atoms with Gasteiger partial charge in [-0.25, -0.2) is 4.79 Å². The van der Waals surface area contributed by atoms with Crippen LogP contribution in [0.4, 0.5) is 0 Å². The number of hydrogen-bond acceptors (Lipinski definition) is 3. The molecule has 0 aliphatic carbocycles. The van der Waals surface area contributed by atoms with Crippen LogP contribution in [-0.2, 0) is 4.79 Å². The van der Waals surface area contributed by atoms with E-state index in [1.165, 1.54) is 13.0 Å². The number of halogens is 2. The molecule has 0 bridgehead atoms. The third kappa shape index (κ3) is 3.21. The van der Waals surface area contributed by atoms with Gasteiger partial charge in [0.2, 0.25) is 0 Å². The Balaban J connectivity index is 2.35.